The third-order valence-electron chi connectivity index (χ3n) is 6.98. The van der Waals surface area contributed by atoms with Crippen LogP contribution in [0.3, 0.4) is 0 Å². The van der Waals surface area contributed by atoms with Crippen molar-refractivity contribution in [1.82, 2.24) is 25.9 Å². The molecule has 1 unspecified atom stereocenters. The summed E-state index contributed by atoms with van der Waals surface area (Å²) in [6.45, 7) is 3.77. The van der Waals surface area contributed by atoms with Gasteiger partial charge in [0.25, 0.3) is 5.91 Å². The van der Waals surface area contributed by atoms with Gasteiger partial charge in [0.05, 0.1) is 18.2 Å². The predicted molar refractivity (Wildman–Crippen MR) is 146 cm³/mol. The summed E-state index contributed by atoms with van der Waals surface area (Å²) in [7, 11) is 0. The third kappa shape index (κ3) is 5.24. The summed E-state index contributed by atoms with van der Waals surface area (Å²) >= 11 is 0. The van der Waals surface area contributed by atoms with Gasteiger partial charge in [0.2, 0.25) is 11.8 Å². The average molecular weight is 538 g/mol. The number of fused-ring (bicyclic) bond motifs is 1. The fourth-order valence-corrected chi connectivity index (χ4v) is 4.78. The van der Waals surface area contributed by atoms with E-state index in [1.165, 1.54) is 19.3 Å². The van der Waals surface area contributed by atoms with E-state index in [9.17, 15) is 19.2 Å². The highest BCUT2D eigenvalue weighted by atomic mass is 16.5. The van der Waals surface area contributed by atoms with Crippen LogP contribution < -0.4 is 20.7 Å². The summed E-state index contributed by atoms with van der Waals surface area (Å²) in [4.78, 5) is 59.1. The van der Waals surface area contributed by atoms with Gasteiger partial charge in [-0.3, -0.25) is 35.0 Å². The average Bonchev–Trinajstić information content (AvgIpc) is 2.95. The molecule has 1 fully saturated rings. The minimum atomic E-state index is -1.79. The van der Waals surface area contributed by atoms with Gasteiger partial charge in [-0.25, -0.2) is 4.79 Å². The van der Waals surface area contributed by atoms with Crippen molar-refractivity contribution in [3.63, 3.8) is 0 Å². The first-order chi connectivity index (χ1) is 19.3. The van der Waals surface area contributed by atoms with E-state index in [0.717, 1.165) is 22.2 Å². The second-order valence-electron chi connectivity index (χ2n) is 9.69. The van der Waals surface area contributed by atoms with Crippen LogP contribution >= 0.6 is 0 Å². The van der Waals surface area contributed by atoms with Crippen LogP contribution in [0.25, 0.3) is 10.9 Å². The van der Waals surface area contributed by atoms with E-state index in [1.807, 2.05) is 31.2 Å². The number of pyridine rings is 2. The van der Waals surface area contributed by atoms with Crippen molar-refractivity contribution in [3.05, 3.63) is 102 Å². The normalized spacial score (nSPS) is 15.2. The number of para-hydroxylation sites is 1. The van der Waals surface area contributed by atoms with Gasteiger partial charge in [0.1, 0.15) is 11.2 Å². The Morgan fingerprint density at radius 3 is 2.35 bits per heavy atom. The van der Waals surface area contributed by atoms with Crippen LogP contribution in [0.15, 0.2) is 79.1 Å². The van der Waals surface area contributed by atoms with E-state index >= 15 is 0 Å². The van der Waals surface area contributed by atoms with Crippen molar-refractivity contribution < 1.29 is 23.9 Å². The molecule has 1 atom stereocenters. The van der Waals surface area contributed by atoms with Crippen LogP contribution in [0.5, 0.6) is 5.75 Å². The molecule has 0 radical (unpaired) electrons. The number of imide groups is 2. The number of carbonyl (C=O) groups is 4. The summed E-state index contributed by atoms with van der Waals surface area (Å²) in [5.41, 5.74) is 2.03. The van der Waals surface area contributed by atoms with Crippen molar-refractivity contribution >= 4 is 34.7 Å². The lowest BCUT2D eigenvalue weighted by Crippen LogP contribution is -2.65. The third-order valence-corrected chi connectivity index (χ3v) is 6.98. The maximum absolute atomic E-state index is 13.3. The summed E-state index contributed by atoms with van der Waals surface area (Å²) in [6, 6.07) is 17.8. The number of benzene rings is 2. The molecule has 1 saturated heterocycles. The lowest BCUT2D eigenvalue weighted by atomic mass is 9.76. The standard InChI is InChI=1S/C30H27N5O5/c1-18-17-21(23-5-3-4-6-24(23)32-18)13-16-40-22-9-7-20(8-10-22)26(36)33-25(19-11-14-31-15-12-19)30(2)27(37)34-29(39)35-28(30)38/h3-12,14-15,17,25H,13,16H2,1-2H3,(H,33,36)(H2,34,35,37,38,39). The molecule has 0 bridgehead atoms. The fraction of sp³-hybridized carbons (Fsp3) is 0.200. The summed E-state index contributed by atoms with van der Waals surface area (Å²) < 4.78 is 5.94. The molecule has 2 aromatic carbocycles. The molecule has 0 spiro atoms. The number of nitrogens with one attached hydrogen (secondary N) is 3. The first kappa shape index (κ1) is 26.5. The van der Waals surface area contributed by atoms with Crippen LogP contribution in [0.2, 0.25) is 0 Å². The number of rotatable bonds is 8. The number of barbiturate groups is 1. The number of amides is 5. The molecule has 40 heavy (non-hydrogen) atoms. The molecule has 3 N–H and O–H groups in total. The Kier molecular flexibility index (Phi) is 7.24. The zero-order chi connectivity index (χ0) is 28.3. The highest BCUT2D eigenvalue weighted by Crippen LogP contribution is 2.36. The lowest BCUT2D eigenvalue weighted by molar-refractivity contribution is -0.145. The smallest absolute Gasteiger partial charge is 0.328 e. The Morgan fingerprint density at radius 2 is 1.65 bits per heavy atom. The number of nitrogens with zero attached hydrogens (tertiary/aromatic N) is 2. The van der Waals surface area contributed by atoms with Gasteiger partial charge in [-0.05, 0) is 73.5 Å². The van der Waals surface area contributed by atoms with Gasteiger partial charge >= 0.3 is 6.03 Å². The summed E-state index contributed by atoms with van der Waals surface area (Å²) in [5, 5.41) is 8.12. The molecule has 202 valence electrons. The van der Waals surface area contributed by atoms with Crippen LogP contribution in [-0.2, 0) is 16.0 Å². The molecule has 1 aliphatic rings. The SMILES string of the molecule is Cc1cc(CCOc2ccc(C(=O)NC(c3ccncc3)C3(C)C(=O)NC(=O)NC3=O)cc2)c2ccccc2n1. The summed E-state index contributed by atoms with van der Waals surface area (Å²) in [5.74, 6) is -1.55. The Balaban J connectivity index is 1.29. The largest absolute Gasteiger partial charge is 0.493 e. The van der Waals surface area contributed by atoms with Crippen LogP contribution in [-0.4, -0.2) is 40.3 Å². The molecule has 0 aliphatic carbocycles. The van der Waals surface area contributed by atoms with E-state index in [4.69, 9.17) is 4.74 Å². The molecular weight excluding hydrogens is 510 g/mol. The molecule has 4 aromatic rings. The number of aryl methyl sites for hydroxylation is 1. The monoisotopic (exact) mass is 537 g/mol. The Labute approximate surface area is 230 Å². The molecule has 5 amide bonds. The number of hydrogen-bond donors (Lipinski definition) is 3. The Hall–Kier alpha value is -5.12. The highest BCUT2D eigenvalue weighted by Gasteiger charge is 2.53. The van der Waals surface area contributed by atoms with Crippen molar-refractivity contribution in [2.24, 2.45) is 5.41 Å². The minimum Gasteiger partial charge on any atom is -0.493 e. The van der Waals surface area contributed by atoms with Crippen LogP contribution in [0, 0.1) is 12.3 Å². The van der Waals surface area contributed by atoms with Gasteiger partial charge in [-0.2, -0.15) is 0 Å². The van der Waals surface area contributed by atoms with Crippen LogP contribution in [0.4, 0.5) is 4.79 Å². The molecule has 10 nitrogen and oxygen atoms in total. The summed E-state index contributed by atoms with van der Waals surface area (Å²) in [6.07, 6.45) is 3.67. The highest BCUT2D eigenvalue weighted by molar-refractivity contribution is 6.19. The molecule has 0 saturated carbocycles. The van der Waals surface area contributed by atoms with Crippen molar-refractivity contribution in [1.29, 1.82) is 0 Å². The van der Waals surface area contributed by atoms with E-state index < -0.39 is 35.2 Å². The molecule has 2 aromatic heterocycles. The minimum absolute atomic E-state index is 0.304. The predicted octanol–water partition coefficient (Wildman–Crippen LogP) is 3.40. The van der Waals surface area contributed by atoms with E-state index in [1.54, 1.807) is 36.4 Å². The quantitative estimate of drug-likeness (QED) is 0.293. The zero-order valence-corrected chi connectivity index (χ0v) is 21.9. The maximum atomic E-state index is 13.3. The number of ether oxygens (including phenoxy) is 1. The van der Waals surface area contributed by atoms with Gasteiger partial charge < -0.3 is 10.1 Å². The zero-order valence-electron chi connectivity index (χ0n) is 21.9. The van der Waals surface area contributed by atoms with Crippen LogP contribution in [0.1, 0.15) is 40.1 Å². The van der Waals surface area contributed by atoms with Crippen molar-refractivity contribution in [2.75, 3.05) is 6.61 Å². The maximum Gasteiger partial charge on any atom is 0.328 e. The van der Waals surface area contributed by atoms with E-state index in [2.05, 4.69) is 32.0 Å². The number of hydrogen-bond acceptors (Lipinski definition) is 7. The Bertz CT molecular complexity index is 1580. The van der Waals surface area contributed by atoms with Gasteiger partial charge in [0, 0.05) is 35.5 Å². The van der Waals surface area contributed by atoms with Crippen molar-refractivity contribution in [3.8, 4) is 5.75 Å². The van der Waals surface area contributed by atoms with Gasteiger partial charge in [0.15, 0.2) is 0 Å². The topological polar surface area (TPSA) is 139 Å². The second kappa shape index (κ2) is 10.9. The molecular formula is C30H27N5O5. The van der Waals surface area contributed by atoms with Crippen molar-refractivity contribution in [2.45, 2.75) is 26.3 Å². The number of urea groups is 1. The number of carbonyl (C=O) groups excluding carboxylic acids is 4. The first-order valence-corrected chi connectivity index (χ1v) is 12.7. The lowest BCUT2D eigenvalue weighted by Gasteiger charge is -2.37. The van der Waals surface area contributed by atoms with Gasteiger partial charge in [-0.1, -0.05) is 18.2 Å². The van der Waals surface area contributed by atoms with E-state index in [-0.39, 0.29) is 0 Å². The molecule has 5 rings (SSSR count). The first-order valence-electron chi connectivity index (χ1n) is 12.7. The molecule has 10 heteroatoms. The van der Waals surface area contributed by atoms with E-state index in [0.29, 0.717) is 29.9 Å². The van der Waals surface area contributed by atoms with Gasteiger partial charge in [-0.15, -0.1) is 0 Å². The molecule has 1 aliphatic heterocycles. The fourth-order valence-electron chi connectivity index (χ4n) is 4.78. The second-order valence-corrected chi connectivity index (χ2v) is 9.69. The Morgan fingerprint density at radius 1 is 0.975 bits per heavy atom. The number of aromatic nitrogens is 2. The molecule has 3 heterocycles.